The second-order valence-corrected chi connectivity index (χ2v) is 5.70. The highest BCUT2D eigenvalue weighted by atomic mass is 16.5. The van der Waals surface area contributed by atoms with Crippen molar-refractivity contribution in [3.8, 4) is 0 Å². The molecule has 0 saturated heterocycles. The van der Waals surface area contributed by atoms with Crippen molar-refractivity contribution in [2.45, 2.75) is 31.3 Å². The van der Waals surface area contributed by atoms with E-state index in [1.165, 1.54) is 7.11 Å². The number of esters is 1. The first kappa shape index (κ1) is 14.7. The van der Waals surface area contributed by atoms with E-state index in [0.29, 0.717) is 11.6 Å². The van der Waals surface area contributed by atoms with Gasteiger partial charge in [0.1, 0.15) is 0 Å². The summed E-state index contributed by atoms with van der Waals surface area (Å²) in [5.41, 5.74) is 0.626. The van der Waals surface area contributed by atoms with Gasteiger partial charge in [-0.2, -0.15) is 0 Å². The molecule has 0 heterocycles. The number of carbonyl (C=O) groups excluding carboxylic acids is 2. The lowest BCUT2D eigenvalue weighted by Gasteiger charge is -2.16. The Balaban J connectivity index is 1.84. The molecule has 4 nitrogen and oxygen atoms in total. The summed E-state index contributed by atoms with van der Waals surface area (Å²) in [5.74, 6) is -0.421. The lowest BCUT2D eigenvalue weighted by molar-refractivity contribution is -0.140. The Hall–Kier alpha value is -2.20. The molecule has 4 heteroatoms. The van der Waals surface area contributed by atoms with E-state index < -0.39 is 6.04 Å². The molecule has 0 spiro atoms. The standard InChI is InChI=1S/C18H19NO3/c1-22-17(20)11-16(19-15-8-9-15)18(21)14-7-6-12-4-2-3-5-13(12)10-14/h2-7,10,15-16,19H,8-9,11H2,1H3. The summed E-state index contributed by atoms with van der Waals surface area (Å²) in [5, 5.41) is 5.37. The molecule has 2 aromatic carbocycles. The number of Topliss-reactive ketones (excluding diaryl/α,β-unsaturated/α-hetero) is 1. The van der Waals surface area contributed by atoms with E-state index in [0.717, 1.165) is 23.6 Å². The summed E-state index contributed by atoms with van der Waals surface area (Å²) in [4.78, 5) is 24.3. The first-order chi connectivity index (χ1) is 10.7. The molecule has 0 bridgehead atoms. The molecular weight excluding hydrogens is 278 g/mol. The fourth-order valence-corrected chi connectivity index (χ4v) is 2.56. The zero-order chi connectivity index (χ0) is 15.5. The van der Waals surface area contributed by atoms with E-state index >= 15 is 0 Å². The summed E-state index contributed by atoms with van der Waals surface area (Å²) in [6, 6.07) is 13.4. The van der Waals surface area contributed by atoms with Crippen LogP contribution in [-0.4, -0.2) is 30.9 Å². The second-order valence-electron chi connectivity index (χ2n) is 5.70. The number of nitrogens with one attached hydrogen (secondary N) is 1. The van der Waals surface area contributed by atoms with Gasteiger partial charge in [-0.15, -0.1) is 0 Å². The van der Waals surface area contributed by atoms with Crippen LogP contribution in [0.5, 0.6) is 0 Å². The monoisotopic (exact) mass is 297 g/mol. The highest BCUT2D eigenvalue weighted by Crippen LogP contribution is 2.22. The van der Waals surface area contributed by atoms with E-state index in [4.69, 9.17) is 4.74 Å². The molecule has 22 heavy (non-hydrogen) atoms. The maximum absolute atomic E-state index is 12.7. The van der Waals surface area contributed by atoms with Gasteiger partial charge in [-0.3, -0.25) is 9.59 Å². The molecule has 0 amide bonds. The third kappa shape index (κ3) is 3.34. The number of methoxy groups -OCH3 is 1. The van der Waals surface area contributed by atoms with Crippen molar-refractivity contribution in [2.24, 2.45) is 0 Å². The quantitative estimate of drug-likeness (QED) is 0.658. The summed E-state index contributed by atoms with van der Waals surface area (Å²) in [6.07, 6.45) is 2.18. The first-order valence-electron chi connectivity index (χ1n) is 7.53. The van der Waals surface area contributed by atoms with Crippen molar-refractivity contribution < 1.29 is 14.3 Å². The predicted octanol–water partition coefficient (Wildman–Crippen LogP) is 2.71. The fourth-order valence-electron chi connectivity index (χ4n) is 2.56. The number of hydrogen-bond donors (Lipinski definition) is 1. The largest absolute Gasteiger partial charge is 0.469 e. The minimum atomic E-state index is -0.513. The highest BCUT2D eigenvalue weighted by molar-refractivity contribution is 6.04. The lowest BCUT2D eigenvalue weighted by Crippen LogP contribution is -2.40. The van der Waals surface area contributed by atoms with Gasteiger partial charge in [0, 0.05) is 11.6 Å². The highest BCUT2D eigenvalue weighted by Gasteiger charge is 2.30. The Kier molecular flexibility index (Phi) is 4.20. The van der Waals surface area contributed by atoms with Crippen molar-refractivity contribution in [1.82, 2.24) is 5.32 Å². The van der Waals surface area contributed by atoms with Gasteiger partial charge in [0.2, 0.25) is 0 Å². The van der Waals surface area contributed by atoms with E-state index in [1.54, 1.807) is 0 Å². The molecule has 3 rings (SSSR count). The third-order valence-corrected chi connectivity index (χ3v) is 3.96. The molecule has 1 N–H and O–H groups in total. The molecule has 1 fully saturated rings. The van der Waals surface area contributed by atoms with Crippen LogP contribution in [0.1, 0.15) is 29.6 Å². The maximum Gasteiger partial charge on any atom is 0.307 e. The molecule has 2 aromatic rings. The zero-order valence-corrected chi connectivity index (χ0v) is 12.5. The van der Waals surface area contributed by atoms with Gasteiger partial charge in [0.25, 0.3) is 0 Å². The second kappa shape index (κ2) is 6.28. The van der Waals surface area contributed by atoms with E-state index in [2.05, 4.69) is 5.32 Å². The average Bonchev–Trinajstić information content (AvgIpc) is 3.37. The van der Waals surface area contributed by atoms with Gasteiger partial charge in [-0.1, -0.05) is 36.4 Å². The summed E-state index contributed by atoms with van der Waals surface area (Å²) < 4.78 is 4.71. The topological polar surface area (TPSA) is 55.4 Å². The number of ketones is 1. The Morgan fingerprint density at radius 2 is 1.91 bits per heavy atom. The molecule has 114 valence electrons. The summed E-state index contributed by atoms with van der Waals surface area (Å²) in [6.45, 7) is 0. The Bertz CT molecular complexity index is 706. The molecule has 0 radical (unpaired) electrons. The number of hydrogen-bond acceptors (Lipinski definition) is 4. The van der Waals surface area contributed by atoms with Crippen molar-refractivity contribution in [3.63, 3.8) is 0 Å². The van der Waals surface area contributed by atoms with Crippen LogP contribution in [0, 0.1) is 0 Å². The summed E-state index contributed by atoms with van der Waals surface area (Å²) >= 11 is 0. The first-order valence-corrected chi connectivity index (χ1v) is 7.53. The number of ether oxygens (including phenoxy) is 1. The van der Waals surface area contributed by atoms with Crippen LogP contribution in [0.4, 0.5) is 0 Å². The molecule has 1 saturated carbocycles. The van der Waals surface area contributed by atoms with Crippen LogP contribution >= 0.6 is 0 Å². The summed E-state index contributed by atoms with van der Waals surface area (Å²) in [7, 11) is 1.34. The van der Waals surface area contributed by atoms with Gasteiger partial charge < -0.3 is 10.1 Å². The van der Waals surface area contributed by atoms with Crippen molar-refractivity contribution in [3.05, 3.63) is 48.0 Å². The maximum atomic E-state index is 12.7. The number of carbonyl (C=O) groups is 2. The number of benzene rings is 2. The zero-order valence-electron chi connectivity index (χ0n) is 12.5. The van der Waals surface area contributed by atoms with Crippen LogP contribution in [0.3, 0.4) is 0 Å². The molecule has 0 aliphatic heterocycles. The number of fused-ring (bicyclic) bond motifs is 1. The van der Waals surface area contributed by atoms with Crippen molar-refractivity contribution in [1.29, 1.82) is 0 Å². The van der Waals surface area contributed by atoms with Crippen LogP contribution in [0.2, 0.25) is 0 Å². The van der Waals surface area contributed by atoms with Crippen LogP contribution < -0.4 is 5.32 Å². The van der Waals surface area contributed by atoms with Crippen LogP contribution in [-0.2, 0) is 9.53 Å². The molecule has 1 unspecified atom stereocenters. The predicted molar refractivity (Wildman–Crippen MR) is 84.9 cm³/mol. The smallest absolute Gasteiger partial charge is 0.307 e. The van der Waals surface area contributed by atoms with Crippen molar-refractivity contribution in [2.75, 3.05) is 7.11 Å². The lowest BCUT2D eigenvalue weighted by atomic mass is 9.98. The van der Waals surface area contributed by atoms with Crippen LogP contribution in [0.15, 0.2) is 42.5 Å². The molecular formula is C18H19NO3. The minimum Gasteiger partial charge on any atom is -0.469 e. The van der Waals surface area contributed by atoms with E-state index in [-0.39, 0.29) is 18.2 Å². The average molecular weight is 297 g/mol. The molecule has 1 atom stereocenters. The Labute approximate surface area is 129 Å². The SMILES string of the molecule is COC(=O)CC(NC1CC1)C(=O)c1ccc2ccccc2c1. The van der Waals surface area contributed by atoms with E-state index in [9.17, 15) is 9.59 Å². The molecule has 1 aliphatic rings. The van der Waals surface area contributed by atoms with Gasteiger partial charge in [-0.25, -0.2) is 0 Å². The molecule has 0 aromatic heterocycles. The fraction of sp³-hybridized carbons (Fsp3) is 0.333. The van der Waals surface area contributed by atoms with Crippen molar-refractivity contribution >= 4 is 22.5 Å². The minimum absolute atomic E-state index is 0.0527. The van der Waals surface area contributed by atoms with Crippen LogP contribution in [0.25, 0.3) is 10.8 Å². The van der Waals surface area contributed by atoms with Gasteiger partial charge in [0.05, 0.1) is 19.6 Å². The number of rotatable bonds is 6. The normalized spacial score (nSPS) is 15.5. The van der Waals surface area contributed by atoms with Gasteiger partial charge in [-0.05, 0) is 29.7 Å². The van der Waals surface area contributed by atoms with Gasteiger partial charge >= 0.3 is 5.97 Å². The van der Waals surface area contributed by atoms with Gasteiger partial charge in [0.15, 0.2) is 5.78 Å². The third-order valence-electron chi connectivity index (χ3n) is 3.96. The molecule has 1 aliphatic carbocycles. The Morgan fingerprint density at radius 1 is 1.18 bits per heavy atom. The Morgan fingerprint density at radius 3 is 2.59 bits per heavy atom. The van der Waals surface area contributed by atoms with E-state index in [1.807, 2.05) is 42.5 Å².